The first kappa shape index (κ1) is 10.4. The molecule has 2 rings (SSSR count). The molecule has 0 aliphatic heterocycles. The monoisotopic (exact) mass is 221 g/mol. The molecule has 0 bridgehead atoms. The minimum atomic E-state index is 0.319. The fraction of sp³-hybridized carbons (Fsp3) is 0.364. The van der Waals surface area contributed by atoms with E-state index in [1.807, 2.05) is 11.6 Å². The van der Waals surface area contributed by atoms with Crippen molar-refractivity contribution in [1.82, 2.24) is 14.9 Å². The van der Waals surface area contributed by atoms with Crippen LogP contribution in [-0.4, -0.2) is 9.55 Å². The first-order valence-corrected chi connectivity index (χ1v) is 5.88. The fourth-order valence-electron chi connectivity index (χ4n) is 1.47. The third-order valence-electron chi connectivity index (χ3n) is 2.46. The summed E-state index contributed by atoms with van der Waals surface area (Å²) in [6.07, 6.45) is 3.91. The van der Waals surface area contributed by atoms with Crippen molar-refractivity contribution in [3.05, 3.63) is 40.6 Å². The molecule has 0 aliphatic carbocycles. The Kier molecular flexibility index (Phi) is 3.18. The number of rotatable bonds is 4. The van der Waals surface area contributed by atoms with Crippen LogP contribution in [0.1, 0.15) is 23.7 Å². The predicted molar refractivity (Wildman–Crippen MR) is 62.8 cm³/mol. The zero-order valence-corrected chi connectivity index (χ0v) is 9.79. The molecule has 0 spiro atoms. The van der Waals surface area contributed by atoms with Crippen molar-refractivity contribution in [1.29, 1.82) is 0 Å². The van der Waals surface area contributed by atoms with Gasteiger partial charge in [0.1, 0.15) is 5.01 Å². The molecule has 2 aromatic heterocycles. The summed E-state index contributed by atoms with van der Waals surface area (Å²) in [6, 6.07) is 4.51. The largest absolute Gasteiger partial charge is 0.353 e. The molecule has 2 heterocycles. The van der Waals surface area contributed by atoms with Crippen LogP contribution in [0.5, 0.6) is 0 Å². The molecular formula is C11H15N3S. The number of hydrogen-bond donors (Lipinski definition) is 1. The Bertz CT molecular complexity index is 405. The summed E-state index contributed by atoms with van der Waals surface area (Å²) in [5.41, 5.74) is 1.29. The molecule has 0 amide bonds. The molecule has 0 radical (unpaired) electrons. The zero-order valence-electron chi connectivity index (χ0n) is 8.97. The lowest BCUT2D eigenvalue weighted by molar-refractivity contribution is 0.555. The molecule has 80 valence electrons. The predicted octanol–water partition coefficient (Wildman–Crippen LogP) is 2.33. The van der Waals surface area contributed by atoms with Gasteiger partial charge in [-0.15, -0.1) is 11.3 Å². The lowest BCUT2D eigenvalue weighted by Gasteiger charge is -2.11. The highest BCUT2D eigenvalue weighted by atomic mass is 32.1. The van der Waals surface area contributed by atoms with Crippen LogP contribution in [0.2, 0.25) is 0 Å². The maximum Gasteiger partial charge on any atom is 0.109 e. The second kappa shape index (κ2) is 4.59. The lowest BCUT2D eigenvalue weighted by atomic mass is 10.3. The van der Waals surface area contributed by atoms with E-state index in [1.54, 1.807) is 11.3 Å². The Morgan fingerprint density at radius 1 is 1.60 bits per heavy atom. The third kappa shape index (κ3) is 2.46. The van der Waals surface area contributed by atoms with Crippen molar-refractivity contribution in [3.63, 3.8) is 0 Å². The van der Waals surface area contributed by atoms with Crippen LogP contribution in [-0.2, 0) is 13.6 Å². The van der Waals surface area contributed by atoms with Gasteiger partial charge in [-0.25, -0.2) is 4.98 Å². The number of hydrogen-bond acceptors (Lipinski definition) is 3. The molecule has 0 aliphatic rings. The topological polar surface area (TPSA) is 29.9 Å². The Hall–Kier alpha value is -1.13. The van der Waals surface area contributed by atoms with Gasteiger partial charge in [0.25, 0.3) is 0 Å². The van der Waals surface area contributed by atoms with Crippen molar-refractivity contribution in [3.8, 4) is 0 Å². The quantitative estimate of drug-likeness (QED) is 0.858. The minimum absolute atomic E-state index is 0.319. The second-order valence-corrected chi connectivity index (χ2v) is 4.51. The molecule has 0 fully saturated rings. The molecule has 4 heteroatoms. The minimum Gasteiger partial charge on any atom is -0.353 e. The molecular weight excluding hydrogens is 206 g/mol. The summed E-state index contributed by atoms with van der Waals surface area (Å²) < 4.78 is 2.13. The van der Waals surface area contributed by atoms with Gasteiger partial charge in [-0.3, -0.25) is 0 Å². The molecule has 15 heavy (non-hydrogen) atoms. The van der Waals surface area contributed by atoms with Crippen molar-refractivity contribution in [2.75, 3.05) is 0 Å². The highest BCUT2D eigenvalue weighted by molar-refractivity contribution is 7.09. The van der Waals surface area contributed by atoms with Crippen LogP contribution in [0.25, 0.3) is 0 Å². The SMILES string of the molecule is CC(NCc1cccn1C)c1nccs1. The van der Waals surface area contributed by atoms with Gasteiger partial charge in [0.05, 0.1) is 6.04 Å². The summed E-state index contributed by atoms with van der Waals surface area (Å²) in [5.74, 6) is 0. The molecule has 0 aromatic carbocycles. The van der Waals surface area contributed by atoms with Crippen molar-refractivity contribution < 1.29 is 0 Å². The molecule has 0 saturated carbocycles. The fourth-order valence-corrected chi connectivity index (χ4v) is 2.14. The van der Waals surface area contributed by atoms with E-state index in [9.17, 15) is 0 Å². The Balaban J connectivity index is 1.91. The van der Waals surface area contributed by atoms with Gasteiger partial charge >= 0.3 is 0 Å². The maximum absolute atomic E-state index is 4.29. The van der Waals surface area contributed by atoms with Gasteiger partial charge in [-0.05, 0) is 19.1 Å². The van der Waals surface area contributed by atoms with Crippen LogP contribution in [0.3, 0.4) is 0 Å². The summed E-state index contributed by atoms with van der Waals surface area (Å²) >= 11 is 1.69. The molecule has 1 N–H and O–H groups in total. The van der Waals surface area contributed by atoms with Crippen LogP contribution >= 0.6 is 11.3 Å². The Labute approximate surface area is 93.8 Å². The number of nitrogens with zero attached hydrogens (tertiary/aromatic N) is 2. The van der Waals surface area contributed by atoms with Gasteiger partial charge in [-0.2, -0.15) is 0 Å². The van der Waals surface area contributed by atoms with E-state index in [0.29, 0.717) is 6.04 Å². The first-order chi connectivity index (χ1) is 7.27. The molecule has 1 atom stereocenters. The molecule has 0 saturated heterocycles. The summed E-state index contributed by atoms with van der Waals surface area (Å²) in [4.78, 5) is 4.29. The van der Waals surface area contributed by atoms with E-state index < -0.39 is 0 Å². The third-order valence-corrected chi connectivity index (χ3v) is 3.42. The van der Waals surface area contributed by atoms with E-state index >= 15 is 0 Å². The summed E-state index contributed by atoms with van der Waals surface area (Å²) in [7, 11) is 2.06. The first-order valence-electron chi connectivity index (χ1n) is 5.00. The second-order valence-electron chi connectivity index (χ2n) is 3.58. The smallest absolute Gasteiger partial charge is 0.109 e. The van der Waals surface area contributed by atoms with Crippen LogP contribution < -0.4 is 5.32 Å². The number of thiazole rings is 1. The van der Waals surface area contributed by atoms with Gasteiger partial charge < -0.3 is 9.88 Å². The van der Waals surface area contributed by atoms with Gasteiger partial charge in [0.2, 0.25) is 0 Å². The van der Waals surface area contributed by atoms with E-state index in [-0.39, 0.29) is 0 Å². The maximum atomic E-state index is 4.29. The Morgan fingerprint density at radius 2 is 2.47 bits per heavy atom. The van der Waals surface area contributed by atoms with E-state index in [1.165, 1.54) is 5.69 Å². The lowest BCUT2D eigenvalue weighted by Crippen LogP contribution is -2.19. The summed E-state index contributed by atoms with van der Waals surface area (Å²) in [5, 5.41) is 6.61. The molecule has 2 aromatic rings. The standard InChI is InChI=1S/C11H15N3S/c1-9(11-12-5-7-15-11)13-8-10-4-3-6-14(10)2/h3-7,9,13H,8H2,1-2H3. The summed E-state index contributed by atoms with van der Waals surface area (Å²) in [6.45, 7) is 3.02. The van der Waals surface area contributed by atoms with Crippen molar-refractivity contribution >= 4 is 11.3 Å². The average Bonchev–Trinajstić information content (AvgIpc) is 2.85. The average molecular weight is 221 g/mol. The number of aromatic nitrogens is 2. The van der Waals surface area contributed by atoms with Gasteiger partial charge in [0, 0.05) is 37.1 Å². The van der Waals surface area contributed by atoms with Crippen LogP contribution in [0, 0.1) is 0 Å². The van der Waals surface area contributed by atoms with E-state index in [0.717, 1.165) is 11.6 Å². The Morgan fingerprint density at radius 3 is 3.07 bits per heavy atom. The molecule has 3 nitrogen and oxygen atoms in total. The van der Waals surface area contributed by atoms with E-state index in [4.69, 9.17) is 0 Å². The number of nitrogens with one attached hydrogen (secondary N) is 1. The zero-order chi connectivity index (χ0) is 10.7. The highest BCUT2D eigenvalue weighted by Crippen LogP contribution is 2.15. The van der Waals surface area contributed by atoms with Crippen LogP contribution in [0.15, 0.2) is 29.9 Å². The normalized spacial score (nSPS) is 12.9. The van der Waals surface area contributed by atoms with Gasteiger partial charge in [-0.1, -0.05) is 0 Å². The van der Waals surface area contributed by atoms with Crippen molar-refractivity contribution in [2.45, 2.75) is 19.5 Å². The molecule has 1 unspecified atom stereocenters. The highest BCUT2D eigenvalue weighted by Gasteiger charge is 2.07. The van der Waals surface area contributed by atoms with Gasteiger partial charge in [0.15, 0.2) is 0 Å². The number of aryl methyl sites for hydroxylation is 1. The van der Waals surface area contributed by atoms with E-state index in [2.05, 4.69) is 47.2 Å². The van der Waals surface area contributed by atoms with Crippen LogP contribution in [0.4, 0.5) is 0 Å². The van der Waals surface area contributed by atoms with Crippen molar-refractivity contribution in [2.24, 2.45) is 7.05 Å².